The molecule has 0 amide bonds. The van der Waals surface area contributed by atoms with Crippen molar-refractivity contribution in [3.05, 3.63) is 0 Å². The second-order valence-corrected chi connectivity index (χ2v) is 6.49. The fraction of sp³-hybridized carbons (Fsp3) is 1.00. The van der Waals surface area contributed by atoms with E-state index in [9.17, 15) is 0 Å². The van der Waals surface area contributed by atoms with Gasteiger partial charge in [-0.25, -0.2) is 0 Å². The van der Waals surface area contributed by atoms with Gasteiger partial charge in [0.05, 0.1) is 0 Å². The Morgan fingerprint density at radius 1 is 1.24 bits per heavy atom. The summed E-state index contributed by atoms with van der Waals surface area (Å²) in [7, 11) is 0. The van der Waals surface area contributed by atoms with Crippen LogP contribution in [0.2, 0.25) is 0 Å². The molecule has 102 valence electrons. The molecule has 2 unspecified atom stereocenters. The van der Waals surface area contributed by atoms with Crippen LogP contribution in [0, 0.1) is 5.92 Å². The zero-order chi connectivity index (χ0) is 12.9. The molecule has 2 atom stereocenters. The fourth-order valence-corrected chi connectivity index (χ4v) is 2.63. The smallest absolute Gasteiger partial charge is 0.0277 e. The van der Waals surface area contributed by atoms with Crippen LogP contribution >= 0.6 is 0 Å². The highest BCUT2D eigenvalue weighted by atomic mass is 15.2. The SMILES string of the molecule is CCC1(C)CN(C(C)CCC(C)C)CCCN1. The number of hydrogen-bond acceptors (Lipinski definition) is 2. The van der Waals surface area contributed by atoms with Gasteiger partial charge >= 0.3 is 0 Å². The predicted molar refractivity (Wildman–Crippen MR) is 76.4 cm³/mol. The average molecular weight is 240 g/mol. The Morgan fingerprint density at radius 3 is 2.53 bits per heavy atom. The van der Waals surface area contributed by atoms with Crippen LogP contribution in [0.3, 0.4) is 0 Å². The minimum absolute atomic E-state index is 0.322. The summed E-state index contributed by atoms with van der Waals surface area (Å²) in [6, 6.07) is 0.739. The zero-order valence-electron chi connectivity index (χ0n) is 12.6. The highest BCUT2D eigenvalue weighted by Gasteiger charge is 2.28. The van der Waals surface area contributed by atoms with Crippen molar-refractivity contribution in [3.63, 3.8) is 0 Å². The molecule has 1 N–H and O–H groups in total. The van der Waals surface area contributed by atoms with Crippen LogP contribution in [0.4, 0.5) is 0 Å². The highest BCUT2D eigenvalue weighted by Crippen LogP contribution is 2.19. The zero-order valence-corrected chi connectivity index (χ0v) is 12.6. The monoisotopic (exact) mass is 240 g/mol. The van der Waals surface area contributed by atoms with Crippen LogP contribution in [0.15, 0.2) is 0 Å². The fourth-order valence-electron chi connectivity index (χ4n) is 2.63. The molecular formula is C15H32N2. The van der Waals surface area contributed by atoms with Crippen molar-refractivity contribution in [3.8, 4) is 0 Å². The summed E-state index contributed by atoms with van der Waals surface area (Å²) in [5, 5.41) is 3.72. The molecule has 0 aromatic rings. The van der Waals surface area contributed by atoms with E-state index >= 15 is 0 Å². The third-order valence-electron chi connectivity index (χ3n) is 4.29. The van der Waals surface area contributed by atoms with Gasteiger partial charge in [0.1, 0.15) is 0 Å². The molecule has 0 aromatic heterocycles. The summed E-state index contributed by atoms with van der Waals surface area (Å²) in [6.45, 7) is 15.4. The summed E-state index contributed by atoms with van der Waals surface area (Å²) >= 11 is 0. The molecule has 0 bridgehead atoms. The molecule has 0 radical (unpaired) electrons. The normalized spacial score (nSPS) is 29.3. The Hall–Kier alpha value is -0.0800. The van der Waals surface area contributed by atoms with Crippen LogP contribution < -0.4 is 5.32 Å². The molecule has 1 fully saturated rings. The third-order valence-corrected chi connectivity index (χ3v) is 4.29. The molecule has 2 heteroatoms. The number of nitrogens with zero attached hydrogens (tertiary/aromatic N) is 1. The first kappa shape index (κ1) is 15.0. The molecule has 0 saturated carbocycles. The molecule has 1 saturated heterocycles. The lowest BCUT2D eigenvalue weighted by Crippen LogP contribution is -2.50. The van der Waals surface area contributed by atoms with Crippen molar-refractivity contribution in [1.82, 2.24) is 10.2 Å². The van der Waals surface area contributed by atoms with Crippen molar-refractivity contribution >= 4 is 0 Å². The first-order chi connectivity index (χ1) is 7.97. The van der Waals surface area contributed by atoms with Crippen molar-refractivity contribution in [1.29, 1.82) is 0 Å². The standard InChI is InChI=1S/C15H32N2/c1-6-15(5)12-17(11-7-10-16-15)14(4)9-8-13(2)3/h13-14,16H,6-12H2,1-5H3. The van der Waals surface area contributed by atoms with E-state index in [1.807, 2.05) is 0 Å². The largest absolute Gasteiger partial charge is 0.310 e. The second-order valence-electron chi connectivity index (χ2n) is 6.49. The molecule has 0 aromatic carbocycles. The molecule has 1 aliphatic heterocycles. The molecule has 1 heterocycles. The third kappa shape index (κ3) is 4.97. The van der Waals surface area contributed by atoms with Gasteiger partial charge in [0.25, 0.3) is 0 Å². The van der Waals surface area contributed by atoms with Crippen LogP contribution in [0.5, 0.6) is 0 Å². The van der Waals surface area contributed by atoms with E-state index in [1.54, 1.807) is 0 Å². The molecule has 1 aliphatic rings. The molecule has 17 heavy (non-hydrogen) atoms. The van der Waals surface area contributed by atoms with Crippen LogP contribution in [0.1, 0.15) is 60.3 Å². The molecule has 0 spiro atoms. The van der Waals surface area contributed by atoms with Crippen LogP contribution in [-0.4, -0.2) is 36.1 Å². The first-order valence-electron chi connectivity index (χ1n) is 7.46. The summed E-state index contributed by atoms with van der Waals surface area (Å²) in [5.41, 5.74) is 0.322. The van der Waals surface area contributed by atoms with E-state index in [-0.39, 0.29) is 0 Å². The molecular weight excluding hydrogens is 208 g/mol. The van der Waals surface area contributed by atoms with Crippen molar-refractivity contribution < 1.29 is 0 Å². The maximum atomic E-state index is 3.72. The highest BCUT2D eigenvalue weighted by molar-refractivity contribution is 4.89. The van der Waals surface area contributed by atoms with E-state index in [0.717, 1.165) is 12.0 Å². The van der Waals surface area contributed by atoms with Gasteiger partial charge in [0, 0.05) is 18.1 Å². The quantitative estimate of drug-likeness (QED) is 0.793. The molecule has 1 rings (SSSR count). The number of nitrogens with one attached hydrogen (secondary N) is 1. The molecule has 0 aliphatic carbocycles. The summed E-state index contributed by atoms with van der Waals surface area (Å²) in [6.07, 6.45) is 5.22. The maximum absolute atomic E-state index is 3.72. The van der Waals surface area contributed by atoms with Gasteiger partial charge in [0.15, 0.2) is 0 Å². The van der Waals surface area contributed by atoms with Crippen LogP contribution in [0.25, 0.3) is 0 Å². The van der Waals surface area contributed by atoms with Gasteiger partial charge in [0.2, 0.25) is 0 Å². The van der Waals surface area contributed by atoms with Gasteiger partial charge in [-0.2, -0.15) is 0 Å². The predicted octanol–water partition coefficient (Wildman–Crippen LogP) is 3.28. The van der Waals surface area contributed by atoms with E-state index in [4.69, 9.17) is 0 Å². The van der Waals surface area contributed by atoms with Crippen molar-refractivity contribution in [2.45, 2.75) is 71.9 Å². The lowest BCUT2D eigenvalue weighted by molar-refractivity contribution is 0.158. The Kier molecular flexibility index (Phi) is 5.94. The summed E-state index contributed by atoms with van der Waals surface area (Å²) in [5.74, 6) is 0.833. The van der Waals surface area contributed by atoms with E-state index in [0.29, 0.717) is 5.54 Å². The maximum Gasteiger partial charge on any atom is 0.0277 e. The Bertz CT molecular complexity index is 215. The van der Waals surface area contributed by atoms with E-state index < -0.39 is 0 Å². The lowest BCUT2D eigenvalue weighted by atomic mass is 9.96. The van der Waals surface area contributed by atoms with E-state index in [2.05, 4.69) is 44.8 Å². The Labute approximate surface area is 108 Å². The summed E-state index contributed by atoms with van der Waals surface area (Å²) in [4.78, 5) is 2.70. The van der Waals surface area contributed by atoms with Gasteiger partial charge in [-0.1, -0.05) is 20.8 Å². The van der Waals surface area contributed by atoms with Crippen molar-refractivity contribution in [2.24, 2.45) is 5.92 Å². The van der Waals surface area contributed by atoms with Crippen molar-refractivity contribution in [2.75, 3.05) is 19.6 Å². The van der Waals surface area contributed by atoms with Gasteiger partial charge < -0.3 is 5.32 Å². The minimum Gasteiger partial charge on any atom is -0.310 e. The minimum atomic E-state index is 0.322. The topological polar surface area (TPSA) is 15.3 Å². The lowest BCUT2D eigenvalue weighted by Gasteiger charge is -2.36. The molecule has 2 nitrogen and oxygen atoms in total. The van der Waals surface area contributed by atoms with Gasteiger partial charge in [-0.05, 0) is 58.5 Å². The Morgan fingerprint density at radius 2 is 1.94 bits per heavy atom. The van der Waals surface area contributed by atoms with Gasteiger partial charge in [-0.15, -0.1) is 0 Å². The second kappa shape index (κ2) is 6.75. The van der Waals surface area contributed by atoms with E-state index in [1.165, 1.54) is 45.3 Å². The average Bonchev–Trinajstić information content (AvgIpc) is 2.49. The van der Waals surface area contributed by atoms with Crippen LogP contribution in [-0.2, 0) is 0 Å². The number of rotatable bonds is 5. The van der Waals surface area contributed by atoms with Gasteiger partial charge in [-0.3, -0.25) is 4.90 Å². The Balaban J connectivity index is 2.50. The first-order valence-corrected chi connectivity index (χ1v) is 7.46. The number of hydrogen-bond donors (Lipinski definition) is 1. The summed E-state index contributed by atoms with van der Waals surface area (Å²) < 4.78 is 0.